The molecule has 1 atom stereocenters. The summed E-state index contributed by atoms with van der Waals surface area (Å²) < 4.78 is 10.7. The molecule has 4 nitrogen and oxygen atoms in total. The van der Waals surface area contributed by atoms with Gasteiger partial charge in [-0.2, -0.15) is 5.26 Å². The highest BCUT2D eigenvalue weighted by atomic mass is 16.5. The van der Waals surface area contributed by atoms with Crippen molar-refractivity contribution in [1.29, 1.82) is 5.26 Å². The molecule has 92 valence electrons. The molecule has 0 saturated heterocycles. The Morgan fingerprint density at radius 1 is 1.31 bits per heavy atom. The molecular weight excluding hydrogens is 204 g/mol. The number of hydrogen-bond acceptors (Lipinski definition) is 4. The van der Waals surface area contributed by atoms with Crippen molar-refractivity contribution >= 4 is 0 Å². The van der Waals surface area contributed by atoms with Gasteiger partial charge in [0.1, 0.15) is 5.54 Å². The molecule has 0 aromatic rings. The standard InChI is InChI=1S/C12H22N2O2/c1-3-14-12(9-13,11-5-6-11)10-16-8-7-15-4-2/h11,14H,3-8,10H2,1-2H3. The number of nitrogens with one attached hydrogen (secondary N) is 1. The van der Waals surface area contributed by atoms with E-state index >= 15 is 0 Å². The summed E-state index contributed by atoms with van der Waals surface area (Å²) in [6.07, 6.45) is 2.27. The molecule has 0 radical (unpaired) electrons. The predicted molar refractivity (Wildman–Crippen MR) is 62.1 cm³/mol. The summed E-state index contributed by atoms with van der Waals surface area (Å²) in [5.41, 5.74) is -0.471. The largest absolute Gasteiger partial charge is 0.379 e. The zero-order chi connectivity index (χ0) is 11.9. The summed E-state index contributed by atoms with van der Waals surface area (Å²) in [6.45, 7) is 7.14. The number of hydrogen-bond donors (Lipinski definition) is 1. The molecule has 1 fully saturated rings. The Hall–Kier alpha value is -0.630. The third-order valence-corrected chi connectivity index (χ3v) is 2.87. The van der Waals surface area contributed by atoms with Crippen LogP contribution in [0.1, 0.15) is 26.7 Å². The Kier molecular flexibility index (Phi) is 5.75. The van der Waals surface area contributed by atoms with Crippen molar-refractivity contribution in [1.82, 2.24) is 5.32 Å². The van der Waals surface area contributed by atoms with Gasteiger partial charge in [-0.15, -0.1) is 0 Å². The van der Waals surface area contributed by atoms with Crippen molar-refractivity contribution in [2.24, 2.45) is 5.92 Å². The van der Waals surface area contributed by atoms with Crippen LogP contribution in [0.25, 0.3) is 0 Å². The van der Waals surface area contributed by atoms with E-state index in [0.717, 1.165) is 19.4 Å². The summed E-state index contributed by atoms with van der Waals surface area (Å²) in [7, 11) is 0. The van der Waals surface area contributed by atoms with Gasteiger partial charge in [-0.25, -0.2) is 0 Å². The lowest BCUT2D eigenvalue weighted by Gasteiger charge is -2.27. The third-order valence-electron chi connectivity index (χ3n) is 2.87. The summed E-state index contributed by atoms with van der Waals surface area (Å²) in [6, 6.07) is 2.39. The summed E-state index contributed by atoms with van der Waals surface area (Å²) in [5.74, 6) is 0.463. The second-order valence-electron chi connectivity index (χ2n) is 4.14. The number of likely N-dealkylation sites (N-methyl/N-ethyl adjacent to an activating group) is 1. The molecule has 0 spiro atoms. The molecule has 0 amide bonds. The fraction of sp³-hybridized carbons (Fsp3) is 0.917. The van der Waals surface area contributed by atoms with Crippen LogP contribution in [-0.2, 0) is 9.47 Å². The first-order valence-electron chi connectivity index (χ1n) is 6.10. The van der Waals surface area contributed by atoms with Crippen LogP contribution in [0.4, 0.5) is 0 Å². The lowest BCUT2D eigenvalue weighted by atomic mass is 9.96. The molecular formula is C12H22N2O2. The van der Waals surface area contributed by atoms with E-state index in [0.29, 0.717) is 32.3 Å². The lowest BCUT2D eigenvalue weighted by Crippen LogP contribution is -2.50. The molecule has 0 bridgehead atoms. The average molecular weight is 226 g/mol. The van der Waals surface area contributed by atoms with Crippen LogP contribution in [0.5, 0.6) is 0 Å². The minimum Gasteiger partial charge on any atom is -0.379 e. The van der Waals surface area contributed by atoms with Crippen LogP contribution in [-0.4, -0.2) is 38.5 Å². The molecule has 1 aliphatic rings. The minimum absolute atomic E-state index is 0.463. The molecule has 1 aliphatic carbocycles. The van der Waals surface area contributed by atoms with Gasteiger partial charge in [-0.05, 0) is 32.2 Å². The van der Waals surface area contributed by atoms with E-state index in [1.54, 1.807) is 0 Å². The van der Waals surface area contributed by atoms with Gasteiger partial charge >= 0.3 is 0 Å². The fourth-order valence-electron chi connectivity index (χ4n) is 1.86. The first-order chi connectivity index (χ1) is 7.79. The Morgan fingerprint density at radius 3 is 2.50 bits per heavy atom. The van der Waals surface area contributed by atoms with E-state index < -0.39 is 5.54 Å². The average Bonchev–Trinajstić information content (AvgIpc) is 3.11. The van der Waals surface area contributed by atoms with Crippen LogP contribution in [0.2, 0.25) is 0 Å². The molecule has 1 unspecified atom stereocenters. The van der Waals surface area contributed by atoms with Crippen molar-refractivity contribution in [3.63, 3.8) is 0 Å². The summed E-state index contributed by atoms with van der Waals surface area (Å²) in [5, 5.41) is 12.6. The van der Waals surface area contributed by atoms with Crippen molar-refractivity contribution in [2.75, 3.05) is 33.0 Å². The quantitative estimate of drug-likeness (QED) is 0.602. The van der Waals surface area contributed by atoms with E-state index in [2.05, 4.69) is 11.4 Å². The maximum Gasteiger partial charge on any atom is 0.133 e. The monoisotopic (exact) mass is 226 g/mol. The molecule has 0 aliphatic heterocycles. The van der Waals surface area contributed by atoms with Gasteiger partial charge in [0.15, 0.2) is 0 Å². The SMILES string of the molecule is CCNC(C#N)(COCCOCC)C1CC1. The maximum atomic E-state index is 9.30. The Bertz CT molecular complexity index is 236. The maximum absolute atomic E-state index is 9.30. The zero-order valence-electron chi connectivity index (χ0n) is 10.3. The van der Waals surface area contributed by atoms with Crippen LogP contribution in [0.3, 0.4) is 0 Å². The first-order valence-corrected chi connectivity index (χ1v) is 6.10. The highest BCUT2D eigenvalue weighted by Gasteiger charge is 2.45. The van der Waals surface area contributed by atoms with Gasteiger partial charge in [0.25, 0.3) is 0 Å². The Labute approximate surface area is 97.9 Å². The number of rotatable bonds is 9. The normalized spacial score (nSPS) is 19.1. The second kappa shape index (κ2) is 6.85. The van der Waals surface area contributed by atoms with E-state index in [1.807, 2.05) is 13.8 Å². The fourth-order valence-corrected chi connectivity index (χ4v) is 1.86. The molecule has 0 aromatic heterocycles. The first kappa shape index (κ1) is 13.4. The Balaban J connectivity index is 2.30. The van der Waals surface area contributed by atoms with Crippen LogP contribution >= 0.6 is 0 Å². The Morgan fingerprint density at radius 2 is 2.00 bits per heavy atom. The van der Waals surface area contributed by atoms with Crippen LogP contribution in [0, 0.1) is 17.2 Å². The van der Waals surface area contributed by atoms with E-state index in [4.69, 9.17) is 9.47 Å². The van der Waals surface area contributed by atoms with Gasteiger partial charge in [0, 0.05) is 6.61 Å². The highest BCUT2D eigenvalue weighted by Crippen LogP contribution is 2.39. The van der Waals surface area contributed by atoms with Crippen molar-refractivity contribution in [2.45, 2.75) is 32.2 Å². The molecule has 1 rings (SSSR count). The topological polar surface area (TPSA) is 54.3 Å². The van der Waals surface area contributed by atoms with Crippen molar-refractivity contribution in [3.05, 3.63) is 0 Å². The number of nitrogens with zero attached hydrogens (tertiary/aromatic N) is 1. The van der Waals surface area contributed by atoms with Gasteiger partial charge in [0.05, 0.1) is 25.9 Å². The summed E-state index contributed by atoms with van der Waals surface area (Å²) >= 11 is 0. The van der Waals surface area contributed by atoms with Crippen molar-refractivity contribution in [3.8, 4) is 6.07 Å². The molecule has 1 saturated carbocycles. The highest BCUT2D eigenvalue weighted by molar-refractivity contribution is 5.15. The molecule has 0 aromatic carbocycles. The zero-order valence-corrected chi connectivity index (χ0v) is 10.3. The van der Waals surface area contributed by atoms with E-state index in [9.17, 15) is 5.26 Å². The third kappa shape index (κ3) is 3.75. The number of nitriles is 1. The van der Waals surface area contributed by atoms with Crippen LogP contribution < -0.4 is 5.32 Å². The minimum atomic E-state index is -0.471. The second-order valence-corrected chi connectivity index (χ2v) is 4.14. The number of ether oxygens (including phenoxy) is 2. The van der Waals surface area contributed by atoms with Gasteiger partial charge in [-0.3, -0.25) is 5.32 Å². The molecule has 4 heteroatoms. The summed E-state index contributed by atoms with van der Waals surface area (Å²) in [4.78, 5) is 0. The molecule has 1 N–H and O–H groups in total. The molecule has 0 heterocycles. The van der Waals surface area contributed by atoms with E-state index in [1.165, 1.54) is 0 Å². The van der Waals surface area contributed by atoms with Gasteiger partial charge in [0.2, 0.25) is 0 Å². The van der Waals surface area contributed by atoms with Gasteiger partial charge in [-0.1, -0.05) is 6.92 Å². The van der Waals surface area contributed by atoms with Crippen molar-refractivity contribution < 1.29 is 9.47 Å². The van der Waals surface area contributed by atoms with Gasteiger partial charge < -0.3 is 9.47 Å². The van der Waals surface area contributed by atoms with Crippen LogP contribution in [0.15, 0.2) is 0 Å². The molecule has 16 heavy (non-hydrogen) atoms. The van der Waals surface area contributed by atoms with E-state index in [-0.39, 0.29) is 0 Å². The lowest BCUT2D eigenvalue weighted by molar-refractivity contribution is 0.0294. The predicted octanol–water partition coefficient (Wildman–Crippen LogP) is 1.32. The smallest absolute Gasteiger partial charge is 0.133 e.